The van der Waals surface area contributed by atoms with Gasteiger partial charge in [-0.25, -0.2) is 4.98 Å². The van der Waals surface area contributed by atoms with Gasteiger partial charge >= 0.3 is 0 Å². The molecular weight excluding hydrogens is 352 g/mol. The minimum Gasteiger partial charge on any atom is -0.316 e. The van der Waals surface area contributed by atoms with Crippen LogP contribution in [0.5, 0.6) is 0 Å². The minimum absolute atomic E-state index is 0.126. The summed E-state index contributed by atoms with van der Waals surface area (Å²) in [5.41, 5.74) is 1.17. The first-order valence-electron chi connectivity index (χ1n) is 8.52. The molecule has 0 bridgehead atoms. The number of aromatic nitrogens is 3. The number of hydrogen-bond donors (Lipinski definition) is 1. The molecule has 0 atom stereocenters. The number of amides is 1. The summed E-state index contributed by atoms with van der Waals surface area (Å²) >= 11 is 3.05. The predicted octanol–water partition coefficient (Wildman–Crippen LogP) is 4.44. The molecule has 0 saturated carbocycles. The van der Waals surface area contributed by atoms with Crippen molar-refractivity contribution < 1.29 is 4.79 Å². The Labute approximate surface area is 156 Å². The van der Waals surface area contributed by atoms with E-state index in [1.165, 1.54) is 35.2 Å². The molecule has 25 heavy (non-hydrogen) atoms. The maximum absolute atomic E-state index is 12.5. The van der Waals surface area contributed by atoms with Crippen LogP contribution in [-0.2, 0) is 4.79 Å². The van der Waals surface area contributed by atoms with Crippen molar-refractivity contribution in [3.8, 4) is 0 Å². The second-order valence-electron chi connectivity index (χ2n) is 5.72. The van der Waals surface area contributed by atoms with E-state index >= 15 is 0 Å². The van der Waals surface area contributed by atoms with E-state index in [4.69, 9.17) is 0 Å². The number of aromatic amines is 1. The van der Waals surface area contributed by atoms with E-state index in [2.05, 4.69) is 21.3 Å². The molecule has 1 aliphatic rings. The van der Waals surface area contributed by atoms with Crippen LogP contribution in [-0.4, -0.2) is 38.3 Å². The van der Waals surface area contributed by atoms with Crippen molar-refractivity contribution in [1.29, 1.82) is 0 Å². The van der Waals surface area contributed by atoms with Crippen molar-refractivity contribution in [2.75, 3.05) is 12.3 Å². The SMILES string of the molecule is CCN(C(=O)CSc1n[nH]c(/C=C/c2cccs2)n1)C1=CCCCC1. The lowest BCUT2D eigenvalue weighted by molar-refractivity contribution is -0.126. The fourth-order valence-electron chi connectivity index (χ4n) is 2.75. The Balaban J connectivity index is 1.54. The molecule has 0 unspecified atom stereocenters. The lowest BCUT2D eigenvalue weighted by Crippen LogP contribution is -2.32. The molecule has 5 nitrogen and oxygen atoms in total. The molecule has 1 aliphatic carbocycles. The van der Waals surface area contributed by atoms with Gasteiger partial charge in [0.1, 0.15) is 5.82 Å². The second-order valence-corrected chi connectivity index (χ2v) is 7.64. The molecule has 3 rings (SSSR count). The number of thioether (sulfide) groups is 1. The summed E-state index contributed by atoms with van der Waals surface area (Å²) in [7, 11) is 0. The summed E-state index contributed by atoms with van der Waals surface area (Å²) in [6, 6.07) is 4.06. The van der Waals surface area contributed by atoms with Crippen LogP contribution in [0.2, 0.25) is 0 Å². The predicted molar refractivity (Wildman–Crippen MR) is 104 cm³/mol. The van der Waals surface area contributed by atoms with Crippen molar-refractivity contribution in [2.24, 2.45) is 0 Å². The summed E-state index contributed by atoms with van der Waals surface area (Å²) in [4.78, 5) is 20.0. The van der Waals surface area contributed by atoms with Gasteiger partial charge < -0.3 is 4.90 Å². The Hall–Kier alpha value is -1.86. The first kappa shape index (κ1) is 17.9. The van der Waals surface area contributed by atoms with Crippen LogP contribution < -0.4 is 0 Å². The van der Waals surface area contributed by atoms with E-state index in [1.54, 1.807) is 11.3 Å². The number of nitrogens with one attached hydrogen (secondary N) is 1. The van der Waals surface area contributed by atoms with E-state index in [9.17, 15) is 4.79 Å². The van der Waals surface area contributed by atoms with E-state index in [-0.39, 0.29) is 5.91 Å². The van der Waals surface area contributed by atoms with Gasteiger partial charge in [0.15, 0.2) is 0 Å². The number of carbonyl (C=O) groups is 1. The summed E-state index contributed by atoms with van der Waals surface area (Å²) in [6.07, 6.45) is 10.6. The molecule has 0 aliphatic heterocycles. The van der Waals surface area contributed by atoms with Gasteiger partial charge in [-0.15, -0.1) is 16.4 Å². The fourth-order valence-corrected chi connectivity index (χ4v) is 4.05. The first-order chi connectivity index (χ1) is 12.3. The second kappa shape index (κ2) is 9.01. The maximum Gasteiger partial charge on any atom is 0.237 e. The van der Waals surface area contributed by atoms with Crippen LogP contribution in [0.25, 0.3) is 12.2 Å². The lowest BCUT2D eigenvalue weighted by atomic mass is 10.0. The Kier molecular flexibility index (Phi) is 6.47. The summed E-state index contributed by atoms with van der Waals surface area (Å²) in [6.45, 7) is 2.74. The number of H-pyrrole nitrogens is 1. The monoisotopic (exact) mass is 374 g/mol. The van der Waals surface area contributed by atoms with E-state index in [1.807, 2.05) is 41.5 Å². The third-order valence-electron chi connectivity index (χ3n) is 3.99. The van der Waals surface area contributed by atoms with Crippen molar-refractivity contribution in [1.82, 2.24) is 20.1 Å². The number of allylic oxidation sites excluding steroid dienone is 2. The molecule has 0 saturated heterocycles. The Morgan fingerprint density at radius 2 is 2.36 bits per heavy atom. The highest BCUT2D eigenvalue weighted by molar-refractivity contribution is 7.99. The Morgan fingerprint density at radius 3 is 3.08 bits per heavy atom. The molecule has 2 heterocycles. The number of hydrogen-bond acceptors (Lipinski definition) is 5. The molecular formula is C18H22N4OS2. The average Bonchev–Trinajstić information content (AvgIpc) is 3.31. The molecule has 0 aromatic carbocycles. The first-order valence-corrected chi connectivity index (χ1v) is 10.4. The molecule has 2 aromatic heterocycles. The van der Waals surface area contributed by atoms with Gasteiger partial charge in [0.2, 0.25) is 11.1 Å². The normalized spacial score (nSPS) is 14.7. The number of rotatable bonds is 7. The van der Waals surface area contributed by atoms with E-state index in [0.717, 1.165) is 12.8 Å². The molecule has 132 valence electrons. The standard InChI is InChI=1S/C18H22N4OS2/c1-2-22(14-7-4-3-5-8-14)17(23)13-25-18-19-16(20-21-18)11-10-15-9-6-12-24-15/h6-7,9-12H,2-5,8,13H2,1H3,(H,19,20,21)/b11-10+. The van der Waals surface area contributed by atoms with Gasteiger partial charge in [0.25, 0.3) is 0 Å². The van der Waals surface area contributed by atoms with Crippen LogP contribution in [0, 0.1) is 0 Å². The van der Waals surface area contributed by atoms with Crippen molar-refractivity contribution in [3.63, 3.8) is 0 Å². The van der Waals surface area contributed by atoms with Gasteiger partial charge in [-0.05, 0) is 56.2 Å². The molecule has 0 radical (unpaired) electrons. The smallest absolute Gasteiger partial charge is 0.237 e. The zero-order valence-corrected chi connectivity index (χ0v) is 15.9. The van der Waals surface area contributed by atoms with Crippen LogP contribution in [0.3, 0.4) is 0 Å². The van der Waals surface area contributed by atoms with Crippen molar-refractivity contribution in [2.45, 2.75) is 37.8 Å². The zero-order chi connectivity index (χ0) is 17.5. The van der Waals surface area contributed by atoms with E-state index < -0.39 is 0 Å². The summed E-state index contributed by atoms with van der Waals surface area (Å²) in [5.74, 6) is 1.18. The molecule has 2 aromatic rings. The molecule has 7 heteroatoms. The van der Waals surface area contributed by atoms with Crippen LogP contribution >= 0.6 is 23.1 Å². The highest BCUT2D eigenvalue weighted by Crippen LogP contribution is 2.22. The van der Waals surface area contributed by atoms with Gasteiger partial charge in [0.05, 0.1) is 5.75 Å². The molecule has 1 N–H and O–H groups in total. The third kappa shape index (κ3) is 5.06. The van der Waals surface area contributed by atoms with Crippen molar-refractivity contribution in [3.05, 3.63) is 40.0 Å². The molecule has 1 amide bonds. The highest BCUT2D eigenvalue weighted by atomic mass is 32.2. The summed E-state index contributed by atoms with van der Waals surface area (Å²) in [5, 5.41) is 9.72. The molecule has 0 spiro atoms. The zero-order valence-electron chi connectivity index (χ0n) is 14.3. The maximum atomic E-state index is 12.5. The Bertz CT molecular complexity index is 749. The molecule has 0 fully saturated rings. The topological polar surface area (TPSA) is 61.9 Å². The fraction of sp³-hybridized carbons (Fsp3) is 0.389. The Morgan fingerprint density at radius 1 is 1.44 bits per heavy atom. The number of nitrogens with zero attached hydrogens (tertiary/aromatic N) is 3. The lowest BCUT2D eigenvalue weighted by Gasteiger charge is -2.26. The van der Waals surface area contributed by atoms with Crippen molar-refractivity contribution >= 4 is 41.2 Å². The van der Waals surface area contributed by atoms with E-state index in [0.29, 0.717) is 23.3 Å². The van der Waals surface area contributed by atoms with Gasteiger partial charge in [-0.2, -0.15) is 0 Å². The number of thiophene rings is 1. The van der Waals surface area contributed by atoms with Crippen LogP contribution in [0.15, 0.2) is 34.4 Å². The van der Waals surface area contributed by atoms with Gasteiger partial charge in [-0.3, -0.25) is 9.89 Å². The van der Waals surface area contributed by atoms with Gasteiger partial charge in [-0.1, -0.05) is 23.9 Å². The third-order valence-corrected chi connectivity index (χ3v) is 5.66. The largest absolute Gasteiger partial charge is 0.316 e. The van der Waals surface area contributed by atoms with Crippen LogP contribution in [0.4, 0.5) is 0 Å². The minimum atomic E-state index is 0.126. The van der Waals surface area contributed by atoms with Crippen LogP contribution in [0.1, 0.15) is 43.3 Å². The average molecular weight is 375 g/mol. The summed E-state index contributed by atoms with van der Waals surface area (Å²) < 4.78 is 0. The highest BCUT2D eigenvalue weighted by Gasteiger charge is 2.18. The quantitative estimate of drug-likeness (QED) is 0.728. The number of carbonyl (C=O) groups excluding carboxylic acids is 1. The van der Waals surface area contributed by atoms with Gasteiger partial charge in [0, 0.05) is 17.1 Å².